The molecule has 0 aromatic rings. The molecular formula is C15H35N3S. The SMILES string of the molecule is CC.CCN1CCCC1.CSCN1CCN(C)CC1. The standard InChI is InChI=1S/C7H16N2S.C6H13N.C2H6/c1-8-3-5-9(6-4-8)7-10-2;1-2-7-5-3-4-6-7;1-2/h3-7H2,1-2H3;2-6H2,1H3;1-2H3. The summed E-state index contributed by atoms with van der Waals surface area (Å²) in [5.41, 5.74) is 0. The molecule has 0 N–H and O–H groups in total. The van der Waals surface area contributed by atoms with Crippen molar-refractivity contribution in [2.24, 2.45) is 0 Å². The van der Waals surface area contributed by atoms with Gasteiger partial charge in [0.2, 0.25) is 0 Å². The van der Waals surface area contributed by atoms with Crippen molar-refractivity contribution in [3.63, 3.8) is 0 Å². The van der Waals surface area contributed by atoms with E-state index in [2.05, 4.69) is 34.9 Å². The zero-order valence-electron chi connectivity index (χ0n) is 13.8. The van der Waals surface area contributed by atoms with Crippen LogP contribution >= 0.6 is 11.8 Å². The molecule has 116 valence electrons. The zero-order chi connectivity index (χ0) is 14.5. The highest BCUT2D eigenvalue weighted by atomic mass is 32.2. The summed E-state index contributed by atoms with van der Waals surface area (Å²) in [6.07, 6.45) is 5.01. The first-order chi connectivity index (χ1) is 9.26. The fraction of sp³-hybridized carbons (Fsp3) is 1.00. The first-order valence-corrected chi connectivity index (χ1v) is 9.27. The molecule has 2 aliphatic heterocycles. The van der Waals surface area contributed by atoms with E-state index in [9.17, 15) is 0 Å². The molecule has 0 aromatic carbocycles. The number of thioether (sulfide) groups is 1. The normalized spacial score (nSPS) is 21.3. The third kappa shape index (κ3) is 9.72. The molecule has 4 heteroatoms. The molecule has 2 saturated heterocycles. The van der Waals surface area contributed by atoms with Gasteiger partial charge in [-0.15, -0.1) is 11.8 Å². The van der Waals surface area contributed by atoms with E-state index in [0.717, 1.165) is 0 Å². The van der Waals surface area contributed by atoms with Crippen LogP contribution in [-0.4, -0.2) is 79.7 Å². The van der Waals surface area contributed by atoms with Crippen molar-refractivity contribution in [2.75, 3.05) is 65.0 Å². The number of hydrogen-bond acceptors (Lipinski definition) is 4. The minimum atomic E-state index is 1.20. The second-order valence-corrected chi connectivity index (χ2v) is 5.82. The van der Waals surface area contributed by atoms with E-state index in [-0.39, 0.29) is 0 Å². The van der Waals surface area contributed by atoms with Gasteiger partial charge in [0, 0.05) is 32.1 Å². The Balaban J connectivity index is 0.000000316. The zero-order valence-corrected chi connectivity index (χ0v) is 14.6. The van der Waals surface area contributed by atoms with Crippen LogP contribution in [0.2, 0.25) is 0 Å². The summed E-state index contributed by atoms with van der Waals surface area (Å²) >= 11 is 1.92. The molecule has 2 fully saturated rings. The molecule has 0 radical (unpaired) electrons. The van der Waals surface area contributed by atoms with Crippen molar-refractivity contribution in [1.82, 2.24) is 14.7 Å². The number of piperazine rings is 1. The van der Waals surface area contributed by atoms with Crippen LogP contribution in [0.15, 0.2) is 0 Å². The summed E-state index contributed by atoms with van der Waals surface area (Å²) in [6, 6.07) is 0. The molecule has 19 heavy (non-hydrogen) atoms. The molecule has 0 saturated carbocycles. The fourth-order valence-corrected chi connectivity index (χ4v) is 2.88. The van der Waals surface area contributed by atoms with Crippen LogP contribution in [-0.2, 0) is 0 Å². The summed E-state index contributed by atoms with van der Waals surface area (Å²) in [4.78, 5) is 7.38. The lowest BCUT2D eigenvalue weighted by Crippen LogP contribution is -2.44. The van der Waals surface area contributed by atoms with Crippen LogP contribution in [0.4, 0.5) is 0 Å². The van der Waals surface area contributed by atoms with Gasteiger partial charge < -0.3 is 9.80 Å². The van der Waals surface area contributed by atoms with Gasteiger partial charge in [0.25, 0.3) is 0 Å². The van der Waals surface area contributed by atoms with Crippen molar-refractivity contribution in [2.45, 2.75) is 33.6 Å². The quantitative estimate of drug-likeness (QED) is 0.790. The second-order valence-electron chi connectivity index (χ2n) is 4.98. The first kappa shape index (κ1) is 19.2. The Labute approximate surface area is 125 Å². The third-order valence-electron chi connectivity index (χ3n) is 3.55. The number of hydrogen-bond donors (Lipinski definition) is 0. The van der Waals surface area contributed by atoms with Crippen molar-refractivity contribution in [3.8, 4) is 0 Å². The Kier molecular flexibility index (Phi) is 13.4. The smallest absolute Gasteiger partial charge is 0.0442 e. The Bertz CT molecular complexity index is 176. The largest absolute Gasteiger partial charge is 0.304 e. The average molecular weight is 290 g/mol. The molecular weight excluding hydrogens is 254 g/mol. The molecule has 0 aromatic heterocycles. The van der Waals surface area contributed by atoms with Gasteiger partial charge in [0.15, 0.2) is 0 Å². The van der Waals surface area contributed by atoms with E-state index in [1.54, 1.807) is 0 Å². The maximum atomic E-state index is 2.50. The highest BCUT2D eigenvalue weighted by molar-refractivity contribution is 7.98. The molecule has 0 aliphatic carbocycles. The molecule has 0 bridgehead atoms. The van der Waals surface area contributed by atoms with Crippen molar-refractivity contribution in [3.05, 3.63) is 0 Å². The summed E-state index contributed by atoms with van der Waals surface area (Å²) in [7, 11) is 2.19. The van der Waals surface area contributed by atoms with Gasteiger partial charge >= 0.3 is 0 Å². The van der Waals surface area contributed by atoms with Gasteiger partial charge in [0.1, 0.15) is 0 Å². The predicted molar refractivity (Wildman–Crippen MR) is 90.1 cm³/mol. The lowest BCUT2D eigenvalue weighted by molar-refractivity contribution is 0.175. The van der Waals surface area contributed by atoms with E-state index >= 15 is 0 Å². The van der Waals surface area contributed by atoms with Gasteiger partial charge in [-0.05, 0) is 45.8 Å². The van der Waals surface area contributed by atoms with Crippen LogP contribution in [0.1, 0.15) is 33.6 Å². The number of likely N-dealkylation sites (tertiary alicyclic amines) is 1. The molecule has 3 nitrogen and oxygen atoms in total. The second kappa shape index (κ2) is 13.2. The average Bonchev–Trinajstić information content (AvgIpc) is 2.98. The van der Waals surface area contributed by atoms with Crippen molar-refractivity contribution >= 4 is 11.8 Å². The van der Waals surface area contributed by atoms with Gasteiger partial charge in [-0.3, -0.25) is 4.90 Å². The number of rotatable bonds is 3. The maximum absolute atomic E-state index is 2.50. The monoisotopic (exact) mass is 289 g/mol. The molecule has 2 aliphatic rings. The Hall–Kier alpha value is 0.230. The van der Waals surface area contributed by atoms with Crippen LogP contribution in [0.3, 0.4) is 0 Å². The maximum Gasteiger partial charge on any atom is 0.0442 e. The van der Waals surface area contributed by atoms with E-state index in [1.165, 1.54) is 64.5 Å². The molecule has 2 heterocycles. The van der Waals surface area contributed by atoms with E-state index in [1.807, 2.05) is 25.6 Å². The minimum Gasteiger partial charge on any atom is -0.304 e. The number of nitrogens with zero attached hydrogens (tertiary/aromatic N) is 3. The van der Waals surface area contributed by atoms with Crippen LogP contribution in [0.25, 0.3) is 0 Å². The van der Waals surface area contributed by atoms with Crippen molar-refractivity contribution in [1.29, 1.82) is 0 Å². The van der Waals surface area contributed by atoms with E-state index in [0.29, 0.717) is 0 Å². The van der Waals surface area contributed by atoms with Gasteiger partial charge in [-0.25, -0.2) is 0 Å². The predicted octanol–water partition coefficient (Wildman–Crippen LogP) is 2.68. The van der Waals surface area contributed by atoms with Gasteiger partial charge in [0.05, 0.1) is 0 Å². The molecule has 2 rings (SSSR count). The van der Waals surface area contributed by atoms with Crippen LogP contribution < -0.4 is 0 Å². The summed E-state index contributed by atoms with van der Waals surface area (Å²) < 4.78 is 0. The summed E-state index contributed by atoms with van der Waals surface area (Å²) in [5.74, 6) is 1.20. The van der Waals surface area contributed by atoms with Crippen LogP contribution in [0.5, 0.6) is 0 Å². The third-order valence-corrected chi connectivity index (χ3v) is 4.18. The number of likely N-dealkylation sites (N-methyl/N-ethyl adjacent to an activating group) is 1. The van der Waals surface area contributed by atoms with Crippen LogP contribution in [0, 0.1) is 0 Å². The van der Waals surface area contributed by atoms with Crippen molar-refractivity contribution < 1.29 is 0 Å². The van der Waals surface area contributed by atoms with E-state index < -0.39 is 0 Å². The van der Waals surface area contributed by atoms with Gasteiger partial charge in [-0.1, -0.05) is 20.8 Å². The highest BCUT2D eigenvalue weighted by Gasteiger charge is 2.11. The molecule has 0 spiro atoms. The lowest BCUT2D eigenvalue weighted by atomic mass is 10.4. The first-order valence-electron chi connectivity index (χ1n) is 7.88. The van der Waals surface area contributed by atoms with Gasteiger partial charge in [-0.2, -0.15) is 0 Å². The fourth-order valence-electron chi connectivity index (χ4n) is 2.26. The molecule has 0 unspecified atom stereocenters. The Morgan fingerprint density at radius 3 is 1.74 bits per heavy atom. The summed E-state index contributed by atoms with van der Waals surface area (Å²) in [6.45, 7) is 15.1. The molecule has 0 atom stereocenters. The molecule has 0 amide bonds. The summed E-state index contributed by atoms with van der Waals surface area (Å²) in [5, 5.41) is 0. The lowest BCUT2D eigenvalue weighted by Gasteiger charge is -2.31. The minimum absolute atomic E-state index is 1.20. The Morgan fingerprint density at radius 2 is 1.37 bits per heavy atom. The highest BCUT2D eigenvalue weighted by Crippen LogP contribution is 2.05. The Morgan fingerprint density at radius 1 is 0.842 bits per heavy atom. The van der Waals surface area contributed by atoms with E-state index in [4.69, 9.17) is 0 Å². The topological polar surface area (TPSA) is 9.72 Å².